The Morgan fingerprint density at radius 1 is 1.10 bits per heavy atom. The predicted octanol–water partition coefficient (Wildman–Crippen LogP) is 4.19. The maximum absolute atomic E-state index is 13.8. The Bertz CT molecular complexity index is 888. The molecular weight excluding hydrogens is 396 g/mol. The number of benzene rings is 2. The molecule has 0 saturated carbocycles. The number of halogens is 2. The fourth-order valence-electron chi connectivity index (χ4n) is 2.67. The van der Waals surface area contributed by atoms with Crippen molar-refractivity contribution >= 4 is 11.9 Å². The predicted molar refractivity (Wildman–Crippen MR) is 107 cm³/mol. The van der Waals surface area contributed by atoms with Gasteiger partial charge in [0.25, 0.3) is 5.91 Å². The highest BCUT2D eigenvalue weighted by Crippen LogP contribution is 2.28. The Kier molecular flexibility index (Phi) is 8.58. The molecule has 2 aromatic carbocycles. The molecule has 0 fully saturated rings. The fraction of sp³-hybridized carbons (Fsp3) is 0.364. The highest BCUT2D eigenvalue weighted by Gasteiger charge is 2.17. The van der Waals surface area contributed by atoms with Crippen molar-refractivity contribution in [1.29, 1.82) is 0 Å². The molecule has 0 heterocycles. The SMILES string of the molecule is CCCCOc1ccc(C(=O)OCC(=O)NC(C)c2ccc(F)cc2F)cc1OC. The normalized spacial score (nSPS) is 11.5. The molecule has 0 aromatic heterocycles. The van der Waals surface area contributed by atoms with Crippen LogP contribution in [-0.4, -0.2) is 32.2 Å². The minimum atomic E-state index is -0.770. The van der Waals surface area contributed by atoms with E-state index in [4.69, 9.17) is 14.2 Å². The van der Waals surface area contributed by atoms with Gasteiger partial charge in [0, 0.05) is 11.6 Å². The van der Waals surface area contributed by atoms with E-state index in [0.29, 0.717) is 18.1 Å². The molecule has 0 bridgehead atoms. The molecule has 0 radical (unpaired) electrons. The number of nitrogens with one attached hydrogen (secondary N) is 1. The summed E-state index contributed by atoms with van der Waals surface area (Å²) in [6.45, 7) is 3.57. The van der Waals surface area contributed by atoms with Gasteiger partial charge in [0.05, 0.1) is 25.3 Å². The molecule has 0 aliphatic rings. The molecule has 2 aromatic rings. The number of hydrogen-bond acceptors (Lipinski definition) is 5. The van der Waals surface area contributed by atoms with Crippen molar-refractivity contribution < 1.29 is 32.6 Å². The van der Waals surface area contributed by atoms with Gasteiger partial charge in [-0.25, -0.2) is 13.6 Å². The van der Waals surface area contributed by atoms with Gasteiger partial charge in [-0.15, -0.1) is 0 Å². The summed E-state index contributed by atoms with van der Waals surface area (Å²) in [5.41, 5.74) is 0.319. The summed E-state index contributed by atoms with van der Waals surface area (Å²) in [7, 11) is 1.46. The Morgan fingerprint density at radius 2 is 1.87 bits per heavy atom. The van der Waals surface area contributed by atoms with Crippen molar-refractivity contribution in [1.82, 2.24) is 5.32 Å². The van der Waals surface area contributed by atoms with Crippen LogP contribution in [-0.2, 0) is 9.53 Å². The fourth-order valence-corrected chi connectivity index (χ4v) is 2.67. The number of ether oxygens (including phenoxy) is 3. The van der Waals surface area contributed by atoms with E-state index in [0.717, 1.165) is 25.0 Å². The van der Waals surface area contributed by atoms with Crippen LogP contribution in [0.25, 0.3) is 0 Å². The summed E-state index contributed by atoms with van der Waals surface area (Å²) in [6, 6.07) is 6.95. The Labute approximate surface area is 174 Å². The molecule has 0 spiro atoms. The highest BCUT2D eigenvalue weighted by molar-refractivity contribution is 5.92. The summed E-state index contributed by atoms with van der Waals surface area (Å²) < 4.78 is 42.7. The Hall–Kier alpha value is -3.16. The zero-order chi connectivity index (χ0) is 22.1. The van der Waals surface area contributed by atoms with Gasteiger partial charge in [-0.1, -0.05) is 19.4 Å². The van der Waals surface area contributed by atoms with Gasteiger partial charge >= 0.3 is 5.97 Å². The van der Waals surface area contributed by atoms with Crippen LogP contribution in [0.4, 0.5) is 8.78 Å². The van der Waals surface area contributed by atoms with Crippen LogP contribution in [0, 0.1) is 11.6 Å². The Balaban J connectivity index is 1.92. The average molecular weight is 421 g/mol. The molecule has 162 valence electrons. The number of hydrogen-bond donors (Lipinski definition) is 1. The van der Waals surface area contributed by atoms with Gasteiger partial charge in [-0.05, 0) is 37.6 Å². The standard InChI is InChI=1S/C22H25F2NO5/c1-4-5-10-29-19-9-6-15(11-20(19)28-3)22(27)30-13-21(26)25-14(2)17-8-7-16(23)12-18(17)24/h6-9,11-12,14H,4-5,10,13H2,1-3H3,(H,25,26). The van der Waals surface area contributed by atoms with E-state index < -0.39 is 36.2 Å². The van der Waals surface area contributed by atoms with Gasteiger partial charge in [0.2, 0.25) is 0 Å². The number of esters is 1. The average Bonchev–Trinajstić information content (AvgIpc) is 2.72. The number of amides is 1. The third-order valence-corrected chi connectivity index (χ3v) is 4.30. The van der Waals surface area contributed by atoms with Crippen LogP contribution in [0.15, 0.2) is 36.4 Å². The molecule has 1 amide bonds. The van der Waals surface area contributed by atoms with Gasteiger partial charge < -0.3 is 19.5 Å². The molecule has 0 aliphatic heterocycles. The number of rotatable bonds is 10. The van der Waals surface area contributed by atoms with E-state index >= 15 is 0 Å². The number of methoxy groups -OCH3 is 1. The van der Waals surface area contributed by atoms with Crippen LogP contribution in [0.3, 0.4) is 0 Å². The second kappa shape index (κ2) is 11.1. The molecule has 2 rings (SSSR count). The molecule has 0 aliphatic carbocycles. The van der Waals surface area contributed by atoms with Gasteiger partial charge in [0.15, 0.2) is 18.1 Å². The van der Waals surface area contributed by atoms with Crippen LogP contribution >= 0.6 is 0 Å². The molecule has 8 heteroatoms. The lowest BCUT2D eigenvalue weighted by atomic mass is 10.1. The maximum Gasteiger partial charge on any atom is 0.338 e. The summed E-state index contributed by atoms with van der Waals surface area (Å²) >= 11 is 0. The topological polar surface area (TPSA) is 73.9 Å². The molecule has 0 saturated heterocycles. The first-order chi connectivity index (χ1) is 14.3. The monoisotopic (exact) mass is 421 g/mol. The number of carbonyl (C=O) groups is 2. The quantitative estimate of drug-likeness (QED) is 0.460. The molecule has 1 unspecified atom stereocenters. The minimum Gasteiger partial charge on any atom is -0.493 e. The van der Waals surface area contributed by atoms with Gasteiger partial charge in [-0.2, -0.15) is 0 Å². The largest absolute Gasteiger partial charge is 0.493 e. The van der Waals surface area contributed by atoms with E-state index in [1.54, 1.807) is 6.07 Å². The third-order valence-electron chi connectivity index (χ3n) is 4.30. The van der Waals surface area contributed by atoms with Crippen molar-refractivity contribution in [2.24, 2.45) is 0 Å². The lowest BCUT2D eigenvalue weighted by Gasteiger charge is -2.15. The zero-order valence-corrected chi connectivity index (χ0v) is 17.2. The smallest absolute Gasteiger partial charge is 0.338 e. The van der Waals surface area contributed by atoms with E-state index in [1.165, 1.54) is 32.2 Å². The van der Waals surface area contributed by atoms with Crippen LogP contribution in [0.1, 0.15) is 48.7 Å². The second-order valence-corrected chi connectivity index (χ2v) is 6.60. The zero-order valence-electron chi connectivity index (χ0n) is 17.2. The first-order valence-corrected chi connectivity index (χ1v) is 9.58. The van der Waals surface area contributed by atoms with E-state index in [-0.39, 0.29) is 11.1 Å². The van der Waals surface area contributed by atoms with Gasteiger partial charge in [-0.3, -0.25) is 4.79 Å². The van der Waals surface area contributed by atoms with Crippen LogP contribution in [0.2, 0.25) is 0 Å². The summed E-state index contributed by atoms with van der Waals surface area (Å²) in [5.74, 6) is -1.93. The number of unbranched alkanes of at least 4 members (excludes halogenated alkanes) is 1. The lowest BCUT2D eigenvalue weighted by Crippen LogP contribution is -2.31. The van der Waals surface area contributed by atoms with Crippen LogP contribution in [0.5, 0.6) is 11.5 Å². The van der Waals surface area contributed by atoms with Crippen molar-refractivity contribution in [2.75, 3.05) is 20.3 Å². The van der Waals surface area contributed by atoms with E-state index in [2.05, 4.69) is 5.32 Å². The molecule has 30 heavy (non-hydrogen) atoms. The van der Waals surface area contributed by atoms with E-state index in [1.807, 2.05) is 6.92 Å². The molecule has 6 nitrogen and oxygen atoms in total. The summed E-state index contributed by atoms with van der Waals surface area (Å²) in [4.78, 5) is 24.3. The van der Waals surface area contributed by atoms with Crippen molar-refractivity contribution in [3.8, 4) is 11.5 Å². The molecular formula is C22H25F2NO5. The van der Waals surface area contributed by atoms with Gasteiger partial charge in [0.1, 0.15) is 11.6 Å². The van der Waals surface area contributed by atoms with Crippen LogP contribution < -0.4 is 14.8 Å². The highest BCUT2D eigenvalue weighted by atomic mass is 19.1. The van der Waals surface area contributed by atoms with Crippen molar-refractivity contribution in [2.45, 2.75) is 32.7 Å². The van der Waals surface area contributed by atoms with E-state index in [9.17, 15) is 18.4 Å². The maximum atomic E-state index is 13.8. The first kappa shape index (κ1) is 23.1. The van der Waals surface area contributed by atoms with Crippen molar-refractivity contribution in [3.05, 3.63) is 59.2 Å². The lowest BCUT2D eigenvalue weighted by molar-refractivity contribution is -0.124. The molecule has 1 N–H and O–H groups in total. The second-order valence-electron chi connectivity index (χ2n) is 6.60. The summed E-state index contributed by atoms with van der Waals surface area (Å²) in [5, 5.41) is 2.50. The summed E-state index contributed by atoms with van der Waals surface area (Å²) in [6.07, 6.45) is 1.88. The third kappa shape index (κ3) is 6.43. The Morgan fingerprint density at radius 3 is 2.53 bits per heavy atom. The molecule has 1 atom stereocenters. The minimum absolute atomic E-state index is 0.125. The van der Waals surface area contributed by atoms with Crippen molar-refractivity contribution in [3.63, 3.8) is 0 Å². The first-order valence-electron chi connectivity index (χ1n) is 9.58. The number of carbonyl (C=O) groups excluding carboxylic acids is 2.